The van der Waals surface area contributed by atoms with Crippen LogP contribution >= 0.6 is 0 Å². The molecule has 2 aromatic carbocycles. The normalized spacial score (nSPS) is 14.9. The van der Waals surface area contributed by atoms with Crippen LogP contribution in [0, 0.1) is 5.82 Å². The Bertz CT molecular complexity index is 1190. The molecular formula is C23H21FN4O2. The number of carbonyl (C=O) groups is 1. The van der Waals surface area contributed by atoms with Gasteiger partial charge in [-0.05, 0) is 73.2 Å². The average molecular weight is 404 g/mol. The second-order valence-electron chi connectivity index (χ2n) is 7.79. The van der Waals surface area contributed by atoms with Gasteiger partial charge in [-0.3, -0.25) is 4.79 Å². The van der Waals surface area contributed by atoms with E-state index in [1.165, 1.54) is 23.3 Å². The molecule has 3 aromatic rings. The van der Waals surface area contributed by atoms with E-state index in [1.54, 1.807) is 17.0 Å². The van der Waals surface area contributed by atoms with Gasteiger partial charge in [0, 0.05) is 23.4 Å². The molecule has 2 N–H and O–H groups in total. The number of aromatic nitrogens is 2. The maximum atomic E-state index is 13.2. The quantitative estimate of drug-likeness (QED) is 0.684. The largest absolute Gasteiger partial charge is 0.322 e. The number of nitrogens with one attached hydrogen (secondary N) is 2. The molecule has 0 unspecified atom stereocenters. The fourth-order valence-corrected chi connectivity index (χ4v) is 4.21. The van der Waals surface area contributed by atoms with Crippen molar-refractivity contribution in [2.75, 3.05) is 11.9 Å². The van der Waals surface area contributed by atoms with Gasteiger partial charge >= 0.3 is 6.03 Å². The molecule has 0 radical (unpaired) electrons. The van der Waals surface area contributed by atoms with Crippen LogP contribution in [0.3, 0.4) is 0 Å². The molecular weight excluding hydrogens is 383 g/mol. The maximum absolute atomic E-state index is 13.2. The van der Waals surface area contributed by atoms with Crippen molar-refractivity contribution in [2.24, 2.45) is 0 Å². The summed E-state index contributed by atoms with van der Waals surface area (Å²) in [5, 5.41) is 2.97. The molecule has 152 valence electrons. The number of fused-ring (bicyclic) bond motifs is 2. The van der Waals surface area contributed by atoms with Gasteiger partial charge in [0.05, 0.1) is 12.2 Å². The number of anilines is 1. The summed E-state index contributed by atoms with van der Waals surface area (Å²) < 4.78 is 13.2. The zero-order valence-electron chi connectivity index (χ0n) is 16.4. The van der Waals surface area contributed by atoms with Crippen molar-refractivity contribution in [2.45, 2.75) is 32.2 Å². The van der Waals surface area contributed by atoms with Gasteiger partial charge in [-0.1, -0.05) is 6.07 Å². The second kappa shape index (κ2) is 7.40. The zero-order valence-corrected chi connectivity index (χ0v) is 16.4. The summed E-state index contributed by atoms with van der Waals surface area (Å²) in [6, 6.07) is 11.7. The highest BCUT2D eigenvalue weighted by Crippen LogP contribution is 2.25. The summed E-state index contributed by atoms with van der Waals surface area (Å²) in [4.78, 5) is 34.3. The number of carbonyl (C=O) groups excluding carboxylic acids is 1. The first-order valence-electron chi connectivity index (χ1n) is 10.1. The minimum absolute atomic E-state index is 0.205. The minimum atomic E-state index is -0.353. The highest BCUT2D eigenvalue weighted by molar-refractivity contribution is 5.89. The summed E-state index contributed by atoms with van der Waals surface area (Å²) in [5.41, 5.74) is 5.03. The lowest BCUT2D eigenvalue weighted by Gasteiger charge is -2.28. The monoisotopic (exact) mass is 404 g/mol. The molecule has 6 nitrogen and oxygen atoms in total. The predicted molar refractivity (Wildman–Crippen MR) is 112 cm³/mol. The van der Waals surface area contributed by atoms with Gasteiger partial charge in [0.25, 0.3) is 5.56 Å². The van der Waals surface area contributed by atoms with E-state index in [0.29, 0.717) is 35.6 Å². The molecule has 0 saturated carbocycles. The predicted octanol–water partition coefficient (Wildman–Crippen LogP) is 3.65. The van der Waals surface area contributed by atoms with Crippen LogP contribution in [0.4, 0.5) is 14.9 Å². The highest BCUT2D eigenvalue weighted by Gasteiger charge is 2.25. The molecule has 1 aliphatic carbocycles. The van der Waals surface area contributed by atoms with Crippen LogP contribution in [-0.2, 0) is 25.8 Å². The molecule has 0 saturated heterocycles. The lowest BCUT2D eigenvalue weighted by atomic mass is 10.1. The van der Waals surface area contributed by atoms with E-state index in [1.807, 2.05) is 12.1 Å². The third kappa shape index (κ3) is 3.47. The fraction of sp³-hybridized carbons (Fsp3) is 0.261. The molecule has 0 fully saturated rings. The Hall–Kier alpha value is -3.48. The molecule has 0 bridgehead atoms. The van der Waals surface area contributed by atoms with Crippen LogP contribution in [0.25, 0.3) is 11.4 Å². The van der Waals surface area contributed by atoms with Crippen LogP contribution in [0.1, 0.15) is 28.8 Å². The van der Waals surface area contributed by atoms with Gasteiger partial charge in [-0.2, -0.15) is 0 Å². The molecule has 2 heterocycles. The van der Waals surface area contributed by atoms with Crippen molar-refractivity contribution in [1.29, 1.82) is 0 Å². The van der Waals surface area contributed by atoms with Gasteiger partial charge < -0.3 is 15.2 Å². The summed E-state index contributed by atoms with van der Waals surface area (Å²) in [6.07, 6.45) is 3.75. The van der Waals surface area contributed by atoms with Gasteiger partial charge in [0.1, 0.15) is 11.6 Å². The average Bonchev–Trinajstić information content (AvgIpc) is 3.21. The van der Waals surface area contributed by atoms with Gasteiger partial charge in [0.15, 0.2) is 0 Å². The van der Waals surface area contributed by atoms with Crippen molar-refractivity contribution in [1.82, 2.24) is 14.9 Å². The van der Waals surface area contributed by atoms with E-state index in [0.717, 1.165) is 24.9 Å². The fourth-order valence-electron chi connectivity index (χ4n) is 4.21. The first-order chi connectivity index (χ1) is 14.6. The van der Waals surface area contributed by atoms with Crippen LogP contribution in [0.15, 0.2) is 47.3 Å². The van der Waals surface area contributed by atoms with E-state index >= 15 is 0 Å². The lowest BCUT2D eigenvalue weighted by molar-refractivity contribution is 0.205. The third-order valence-electron chi connectivity index (χ3n) is 5.83. The Morgan fingerprint density at radius 3 is 2.70 bits per heavy atom. The van der Waals surface area contributed by atoms with E-state index in [-0.39, 0.29) is 24.0 Å². The number of hydrogen-bond donors (Lipinski definition) is 2. The van der Waals surface area contributed by atoms with Crippen molar-refractivity contribution < 1.29 is 9.18 Å². The van der Waals surface area contributed by atoms with Gasteiger partial charge in [0.2, 0.25) is 0 Å². The Balaban J connectivity index is 1.36. The third-order valence-corrected chi connectivity index (χ3v) is 5.83. The van der Waals surface area contributed by atoms with Crippen LogP contribution in [0.2, 0.25) is 0 Å². The maximum Gasteiger partial charge on any atom is 0.322 e. The van der Waals surface area contributed by atoms with Gasteiger partial charge in [-0.25, -0.2) is 14.2 Å². The molecule has 5 rings (SSSR count). The van der Waals surface area contributed by atoms with E-state index in [4.69, 9.17) is 0 Å². The summed E-state index contributed by atoms with van der Waals surface area (Å²) in [7, 11) is 0. The number of aryl methyl sites for hydroxylation is 2. The van der Waals surface area contributed by atoms with E-state index < -0.39 is 0 Å². The number of hydrogen-bond acceptors (Lipinski definition) is 3. The number of benzene rings is 2. The SMILES string of the molecule is O=C(Nc1ccc2c(c1)CCC2)N1CCc2c(nc(-c3ccc(F)cc3)[nH]c2=O)C1. The number of aromatic amines is 1. The lowest BCUT2D eigenvalue weighted by Crippen LogP contribution is -2.41. The number of rotatable bonds is 2. The van der Waals surface area contributed by atoms with Gasteiger partial charge in [-0.15, -0.1) is 0 Å². The number of nitrogens with zero attached hydrogens (tertiary/aromatic N) is 2. The van der Waals surface area contributed by atoms with Crippen LogP contribution in [-0.4, -0.2) is 27.4 Å². The number of urea groups is 1. The van der Waals surface area contributed by atoms with Crippen molar-refractivity contribution in [3.05, 3.63) is 81.0 Å². The minimum Gasteiger partial charge on any atom is -0.318 e. The zero-order chi connectivity index (χ0) is 20.7. The number of amides is 2. The van der Waals surface area contributed by atoms with Crippen LogP contribution in [0.5, 0.6) is 0 Å². The molecule has 2 aliphatic rings. The molecule has 2 amide bonds. The molecule has 0 atom stereocenters. The molecule has 0 spiro atoms. The smallest absolute Gasteiger partial charge is 0.318 e. The Kier molecular flexibility index (Phi) is 4.58. The first kappa shape index (κ1) is 18.5. The number of H-pyrrole nitrogens is 1. The number of halogens is 1. The molecule has 7 heteroatoms. The highest BCUT2D eigenvalue weighted by atomic mass is 19.1. The topological polar surface area (TPSA) is 78.1 Å². The van der Waals surface area contributed by atoms with Crippen molar-refractivity contribution >= 4 is 11.7 Å². The standard InChI is InChI=1S/C23H21FN4O2/c24-17-7-4-15(5-8-17)21-26-20-13-28(11-10-19(20)22(29)27-21)23(30)25-18-9-6-14-2-1-3-16(14)12-18/h4-9,12H,1-3,10-11,13H2,(H,25,30)(H,26,27,29). The van der Waals surface area contributed by atoms with Crippen LogP contribution < -0.4 is 10.9 Å². The summed E-state index contributed by atoms with van der Waals surface area (Å²) >= 11 is 0. The Morgan fingerprint density at radius 1 is 1.07 bits per heavy atom. The Morgan fingerprint density at radius 2 is 1.87 bits per heavy atom. The summed E-state index contributed by atoms with van der Waals surface area (Å²) in [5.74, 6) is 0.0214. The molecule has 30 heavy (non-hydrogen) atoms. The molecule has 1 aromatic heterocycles. The Labute approximate surface area is 172 Å². The van der Waals surface area contributed by atoms with Crippen molar-refractivity contribution in [3.8, 4) is 11.4 Å². The van der Waals surface area contributed by atoms with E-state index in [2.05, 4.69) is 21.4 Å². The second-order valence-corrected chi connectivity index (χ2v) is 7.79. The summed E-state index contributed by atoms with van der Waals surface area (Å²) in [6.45, 7) is 0.703. The van der Waals surface area contributed by atoms with E-state index in [9.17, 15) is 14.0 Å². The molecule has 1 aliphatic heterocycles. The van der Waals surface area contributed by atoms with Crippen molar-refractivity contribution in [3.63, 3.8) is 0 Å². The first-order valence-corrected chi connectivity index (χ1v) is 10.1.